The van der Waals surface area contributed by atoms with Gasteiger partial charge in [0.05, 0.1) is 5.70 Å². The Morgan fingerprint density at radius 3 is 2.32 bits per heavy atom. The van der Waals surface area contributed by atoms with Crippen LogP contribution in [0.2, 0.25) is 0 Å². The van der Waals surface area contributed by atoms with Crippen LogP contribution in [0, 0.1) is 22.7 Å². The minimum absolute atomic E-state index is 0.116. The monoisotopic (exact) mass is 250 g/mol. The molecule has 1 aliphatic heterocycles. The van der Waals surface area contributed by atoms with E-state index in [1.54, 1.807) is 12.1 Å². The molecule has 0 amide bonds. The van der Waals surface area contributed by atoms with Crippen LogP contribution >= 0.6 is 0 Å². The normalized spacial score (nSPS) is 14.6. The van der Waals surface area contributed by atoms with Crippen molar-refractivity contribution >= 4 is 11.4 Å². The molecule has 1 heterocycles. The Morgan fingerprint density at radius 2 is 1.74 bits per heavy atom. The van der Waals surface area contributed by atoms with Gasteiger partial charge in [0.2, 0.25) is 5.71 Å². The fraction of sp³-hybridized carbons (Fsp3) is 0.267. The molecule has 0 N–H and O–H groups in total. The minimum atomic E-state index is -0.116. The van der Waals surface area contributed by atoms with Gasteiger partial charge in [-0.2, -0.15) is 10.5 Å². The average Bonchev–Trinajstić information content (AvgIpc) is 2.97. The van der Waals surface area contributed by atoms with E-state index >= 15 is 0 Å². The third-order valence-electron chi connectivity index (χ3n) is 2.96. The van der Waals surface area contributed by atoms with E-state index in [2.05, 4.69) is 9.89 Å². The van der Waals surface area contributed by atoms with E-state index in [9.17, 15) is 0 Å². The lowest BCUT2D eigenvalue weighted by atomic mass is 10.1. The zero-order valence-corrected chi connectivity index (χ0v) is 10.6. The number of nitriles is 2. The zero-order valence-electron chi connectivity index (χ0n) is 10.6. The predicted molar refractivity (Wildman–Crippen MR) is 73.9 cm³/mol. The maximum Gasteiger partial charge on any atom is 0.218 e. The summed E-state index contributed by atoms with van der Waals surface area (Å²) in [5.74, 6) is 0. The van der Waals surface area contributed by atoms with Gasteiger partial charge >= 0.3 is 0 Å². The molecule has 0 unspecified atom stereocenters. The lowest BCUT2D eigenvalue weighted by Gasteiger charge is -2.13. The number of likely N-dealkylation sites (tertiary alicyclic amines) is 1. The van der Waals surface area contributed by atoms with Crippen LogP contribution in [0.15, 0.2) is 41.5 Å². The smallest absolute Gasteiger partial charge is 0.218 e. The highest BCUT2D eigenvalue weighted by Gasteiger charge is 2.10. The molecule has 4 nitrogen and oxygen atoms in total. The second-order valence-electron chi connectivity index (χ2n) is 4.31. The molecule has 0 radical (unpaired) electrons. The van der Waals surface area contributed by atoms with Crippen molar-refractivity contribution in [3.05, 3.63) is 42.1 Å². The molecule has 19 heavy (non-hydrogen) atoms. The van der Waals surface area contributed by atoms with Gasteiger partial charge in [0.25, 0.3) is 0 Å². The van der Waals surface area contributed by atoms with Crippen LogP contribution < -0.4 is 0 Å². The van der Waals surface area contributed by atoms with Gasteiger partial charge in [0, 0.05) is 24.9 Å². The van der Waals surface area contributed by atoms with Crippen molar-refractivity contribution in [2.24, 2.45) is 4.99 Å². The molecule has 0 atom stereocenters. The molecular weight excluding hydrogens is 236 g/mol. The molecule has 1 saturated heterocycles. The van der Waals surface area contributed by atoms with Crippen LogP contribution in [-0.4, -0.2) is 23.7 Å². The summed E-state index contributed by atoms with van der Waals surface area (Å²) in [7, 11) is 0. The summed E-state index contributed by atoms with van der Waals surface area (Å²) in [5, 5.41) is 17.7. The molecule has 0 saturated carbocycles. The first-order valence-corrected chi connectivity index (χ1v) is 6.23. The molecule has 1 aromatic carbocycles. The predicted octanol–water partition coefficient (Wildman–Crippen LogP) is 2.57. The van der Waals surface area contributed by atoms with E-state index in [1.807, 2.05) is 36.5 Å². The van der Waals surface area contributed by atoms with Crippen molar-refractivity contribution in [3.63, 3.8) is 0 Å². The molecule has 1 aromatic rings. The van der Waals surface area contributed by atoms with Crippen molar-refractivity contribution in [1.82, 2.24) is 4.90 Å². The van der Waals surface area contributed by atoms with Gasteiger partial charge in [-0.1, -0.05) is 30.3 Å². The van der Waals surface area contributed by atoms with Gasteiger partial charge in [-0.3, -0.25) is 0 Å². The SMILES string of the molecule is N#CC(C#N)=N/C(=C/N1CCCC1)c1ccccc1. The summed E-state index contributed by atoms with van der Waals surface area (Å²) in [4.78, 5) is 6.34. The Labute approximate surface area is 112 Å². The van der Waals surface area contributed by atoms with Crippen molar-refractivity contribution in [2.45, 2.75) is 12.8 Å². The summed E-state index contributed by atoms with van der Waals surface area (Å²) < 4.78 is 0. The van der Waals surface area contributed by atoms with Gasteiger partial charge in [-0.15, -0.1) is 0 Å². The minimum Gasteiger partial charge on any atom is -0.376 e. The maximum absolute atomic E-state index is 8.84. The van der Waals surface area contributed by atoms with Crippen LogP contribution in [0.25, 0.3) is 5.70 Å². The summed E-state index contributed by atoms with van der Waals surface area (Å²) >= 11 is 0. The van der Waals surface area contributed by atoms with Gasteiger partial charge in [-0.05, 0) is 12.8 Å². The van der Waals surface area contributed by atoms with E-state index in [0.29, 0.717) is 5.70 Å². The largest absolute Gasteiger partial charge is 0.376 e. The van der Waals surface area contributed by atoms with Crippen LogP contribution in [0.4, 0.5) is 0 Å². The zero-order chi connectivity index (χ0) is 13.5. The quantitative estimate of drug-likeness (QED) is 0.774. The molecule has 0 bridgehead atoms. The van der Waals surface area contributed by atoms with Crippen LogP contribution in [0.5, 0.6) is 0 Å². The van der Waals surface area contributed by atoms with Gasteiger partial charge in [0.1, 0.15) is 12.1 Å². The van der Waals surface area contributed by atoms with Crippen LogP contribution in [-0.2, 0) is 0 Å². The van der Waals surface area contributed by atoms with E-state index in [1.165, 1.54) is 12.8 Å². The Morgan fingerprint density at radius 1 is 1.11 bits per heavy atom. The number of nitrogens with zero attached hydrogens (tertiary/aromatic N) is 4. The highest BCUT2D eigenvalue weighted by Crippen LogP contribution is 2.19. The molecule has 0 spiro atoms. The second kappa shape index (κ2) is 6.37. The molecule has 1 fully saturated rings. The molecule has 4 heteroatoms. The molecule has 2 rings (SSSR count). The molecule has 0 aliphatic carbocycles. The van der Waals surface area contributed by atoms with Crippen molar-refractivity contribution in [2.75, 3.05) is 13.1 Å². The lowest BCUT2D eigenvalue weighted by Crippen LogP contribution is -2.11. The van der Waals surface area contributed by atoms with Gasteiger partial charge in [0.15, 0.2) is 0 Å². The van der Waals surface area contributed by atoms with Crippen LogP contribution in [0.3, 0.4) is 0 Å². The average molecular weight is 250 g/mol. The first-order chi connectivity index (χ1) is 9.33. The van der Waals surface area contributed by atoms with E-state index in [4.69, 9.17) is 10.5 Å². The first-order valence-electron chi connectivity index (χ1n) is 6.23. The molecule has 1 aliphatic rings. The number of hydrogen-bond donors (Lipinski definition) is 0. The fourth-order valence-corrected chi connectivity index (χ4v) is 2.02. The molecule has 94 valence electrons. The van der Waals surface area contributed by atoms with Crippen molar-refractivity contribution in [3.8, 4) is 12.1 Å². The summed E-state index contributed by atoms with van der Waals surface area (Å²) in [6.07, 6.45) is 4.29. The lowest BCUT2D eigenvalue weighted by molar-refractivity contribution is 0.469. The number of hydrogen-bond acceptors (Lipinski definition) is 4. The Balaban J connectivity index is 2.37. The topological polar surface area (TPSA) is 63.2 Å². The molecular formula is C15H14N4. The van der Waals surface area contributed by atoms with E-state index in [-0.39, 0.29) is 5.71 Å². The third kappa shape index (κ3) is 3.43. The standard InChI is InChI=1S/C15H14N4/c16-10-14(11-17)18-15(12-19-8-4-5-9-19)13-6-2-1-3-7-13/h1-3,6-7,12H,4-5,8-9H2/b15-12+. The maximum atomic E-state index is 8.84. The molecule has 0 aromatic heterocycles. The number of benzene rings is 1. The van der Waals surface area contributed by atoms with Gasteiger partial charge < -0.3 is 4.90 Å². The Hall–Kier alpha value is -2.59. The summed E-state index contributed by atoms with van der Waals surface area (Å²) in [6.45, 7) is 2.00. The summed E-state index contributed by atoms with van der Waals surface area (Å²) in [5.41, 5.74) is 1.47. The Bertz CT molecular complexity index is 550. The fourth-order valence-electron chi connectivity index (χ4n) is 2.02. The van der Waals surface area contributed by atoms with E-state index < -0.39 is 0 Å². The highest BCUT2D eigenvalue weighted by atomic mass is 15.1. The number of aliphatic imine (C=N–C) groups is 1. The highest BCUT2D eigenvalue weighted by molar-refractivity contribution is 6.12. The summed E-state index contributed by atoms with van der Waals surface area (Å²) in [6, 6.07) is 13.2. The Kier molecular flexibility index (Phi) is 4.31. The van der Waals surface area contributed by atoms with Gasteiger partial charge in [-0.25, -0.2) is 4.99 Å². The third-order valence-corrected chi connectivity index (χ3v) is 2.96. The van der Waals surface area contributed by atoms with Crippen molar-refractivity contribution < 1.29 is 0 Å². The van der Waals surface area contributed by atoms with Crippen LogP contribution in [0.1, 0.15) is 18.4 Å². The number of rotatable bonds is 3. The first kappa shape index (κ1) is 12.9. The second-order valence-corrected chi connectivity index (χ2v) is 4.31. The van der Waals surface area contributed by atoms with E-state index in [0.717, 1.165) is 18.7 Å². The van der Waals surface area contributed by atoms with Crippen molar-refractivity contribution in [1.29, 1.82) is 10.5 Å².